The molecule has 1 saturated heterocycles. The number of hydrogen-bond acceptors (Lipinski definition) is 4. The number of benzene rings is 2. The quantitative estimate of drug-likeness (QED) is 0.814. The van der Waals surface area contributed by atoms with E-state index in [0.29, 0.717) is 44.1 Å². The van der Waals surface area contributed by atoms with E-state index in [-0.39, 0.29) is 24.1 Å². The van der Waals surface area contributed by atoms with Crippen molar-refractivity contribution in [2.45, 2.75) is 31.8 Å². The number of amides is 1. The van der Waals surface area contributed by atoms with E-state index in [9.17, 15) is 9.18 Å². The van der Waals surface area contributed by atoms with Gasteiger partial charge in [0.25, 0.3) is 0 Å². The second-order valence-electron chi connectivity index (χ2n) is 6.61. The summed E-state index contributed by atoms with van der Waals surface area (Å²) in [5.74, 6) is 0.805. The molecule has 0 saturated carbocycles. The monoisotopic (exact) mass is 394 g/mol. The van der Waals surface area contributed by atoms with Crippen LogP contribution in [0.3, 0.4) is 0 Å². The zero-order valence-electron chi connectivity index (χ0n) is 15.2. The van der Waals surface area contributed by atoms with Crippen LogP contribution in [0.2, 0.25) is 0 Å². The predicted octanol–water partition coefficient (Wildman–Crippen LogP) is 3.47. The van der Waals surface area contributed by atoms with Gasteiger partial charge in [0.2, 0.25) is 5.91 Å². The minimum absolute atomic E-state index is 0. The van der Waals surface area contributed by atoms with Crippen molar-refractivity contribution < 1.29 is 18.7 Å². The lowest BCUT2D eigenvalue weighted by atomic mass is 9.90. The highest BCUT2D eigenvalue weighted by molar-refractivity contribution is 5.86. The number of ether oxygens (including phenoxy) is 2. The largest absolute Gasteiger partial charge is 0.457 e. The van der Waals surface area contributed by atoms with Gasteiger partial charge in [-0.2, -0.15) is 0 Å². The van der Waals surface area contributed by atoms with Crippen LogP contribution in [-0.2, 0) is 16.1 Å². The zero-order valence-corrected chi connectivity index (χ0v) is 16.0. The Hall–Kier alpha value is -2.15. The molecule has 7 heteroatoms. The van der Waals surface area contributed by atoms with Crippen molar-refractivity contribution in [1.29, 1.82) is 0 Å². The molecule has 0 aromatic heterocycles. The minimum Gasteiger partial charge on any atom is -0.457 e. The van der Waals surface area contributed by atoms with E-state index in [1.54, 1.807) is 12.1 Å². The molecule has 0 radical (unpaired) electrons. The Morgan fingerprint density at radius 2 is 1.89 bits per heavy atom. The molecule has 3 rings (SSSR count). The third-order valence-electron chi connectivity index (χ3n) is 4.57. The predicted molar refractivity (Wildman–Crippen MR) is 104 cm³/mol. The third kappa shape index (κ3) is 5.42. The molecule has 1 amide bonds. The van der Waals surface area contributed by atoms with E-state index in [0.717, 1.165) is 11.1 Å². The number of carbonyl (C=O) groups is 1. The van der Waals surface area contributed by atoms with Crippen molar-refractivity contribution in [2.75, 3.05) is 13.2 Å². The van der Waals surface area contributed by atoms with Crippen LogP contribution in [0.1, 0.15) is 24.0 Å². The number of nitrogens with one attached hydrogen (secondary N) is 1. The zero-order chi connectivity index (χ0) is 18.6. The second kappa shape index (κ2) is 9.17. The van der Waals surface area contributed by atoms with Gasteiger partial charge in [-0.3, -0.25) is 4.79 Å². The van der Waals surface area contributed by atoms with Gasteiger partial charge in [-0.25, -0.2) is 4.39 Å². The summed E-state index contributed by atoms with van der Waals surface area (Å²) in [7, 11) is 0. The Balaban J connectivity index is 0.00000261. The lowest BCUT2D eigenvalue weighted by molar-refractivity contribution is -0.129. The van der Waals surface area contributed by atoms with E-state index in [4.69, 9.17) is 15.2 Å². The van der Waals surface area contributed by atoms with Crippen molar-refractivity contribution in [3.63, 3.8) is 0 Å². The number of hydrogen-bond donors (Lipinski definition) is 2. The van der Waals surface area contributed by atoms with E-state index >= 15 is 0 Å². The molecular formula is C20H24ClFN2O3. The Kier molecular flexibility index (Phi) is 7.18. The summed E-state index contributed by atoms with van der Waals surface area (Å²) in [6.45, 7) is 3.35. The molecule has 0 atom stereocenters. The molecule has 146 valence electrons. The lowest BCUT2D eigenvalue weighted by Crippen LogP contribution is -2.56. The van der Waals surface area contributed by atoms with Gasteiger partial charge < -0.3 is 20.5 Å². The van der Waals surface area contributed by atoms with Crippen molar-refractivity contribution in [3.8, 4) is 11.5 Å². The Labute approximate surface area is 164 Å². The van der Waals surface area contributed by atoms with Gasteiger partial charge in [0.05, 0.1) is 5.54 Å². The summed E-state index contributed by atoms with van der Waals surface area (Å²) in [5.41, 5.74) is 7.21. The van der Waals surface area contributed by atoms with Crippen LogP contribution in [-0.4, -0.2) is 24.7 Å². The van der Waals surface area contributed by atoms with Gasteiger partial charge in [0.15, 0.2) is 0 Å². The molecule has 2 aromatic carbocycles. The molecule has 0 bridgehead atoms. The van der Waals surface area contributed by atoms with Crippen LogP contribution in [0.15, 0.2) is 42.5 Å². The van der Waals surface area contributed by atoms with Gasteiger partial charge in [-0.1, -0.05) is 12.1 Å². The van der Waals surface area contributed by atoms with Gasteiger partial charge in [-0.05, 0) is 61.2 Å². The van der Waals surface area contributed by atoms with Gasteiger partial charge in [0, 0.05) is 19.8 Å². The van der Waals surface area contributed by atoms with E-state index < -0.39 is 5.54 Å². The van der Waals surface area contributed by atoms with Crippen LogP contribution in [0, 0.1) is 12.7 Å². The molecule has 1 fully saturated rings. The third-order valence-corrected chi connectivity index (χ3v) is 4.57. The number of carbonyl (C=O) groups excluding carboxylic acids is 1. The molecule has 3 N–H and O–H groups in total. The van der Waals surface area contributed by atoms with Crippen molar-refractivity contribution in [1.82, 2.24) is 5.32 Å². The number of halogens is 2. The number of aryl methyl sites for hydroxylation is 1. The highest BCUT2D eigenvalue weighted by Crippen LogP contribution is 2.26. The molecule has 0 unspecified atom stereocenters. The van der Waals surface area contributed by atoms with Crippen LogP contribution in [0.5, 0.6) is 11.5 Å². The Morgan fingerprint density at radius 3 is 2.52 bits per heavy atom. The maximum Gasteiger partial charge on any atom is 0.240 e. The fraction of sp³-hybridized carbons (Fsp3) is 0.350. The maximum absolute atomic E-state index is 13.0. The Morgan fingerprint density at radius 1 is 1.22 bits per heavy atom. The Bertz CT molecular complexity index is 777. The first kappa shape index (κ1) is 21.2. The summed E-state index contributed by atoms with van der Waals surface area (Å²) in [5, 5.41) is 2.91. The first-order valence-corrected chi connectivity index (χ1v) is 8.64. The topological polar surface area (TPSA) is 73.6 Å². The summed E-state index contributed by atoms with van der Waals surface area (Å²) >= 11 is 0. The summed E-state index contributed by atoms with van der Waals surface area (Å²) in [6.07, 6.45) is 1.06. The van der Waals surface area contributed by atoms with E-state index in [2.05, 4.69) is 5.32 Å². The number of nitrogens with two attached hydrogens (primary N) is 1. The van der Waals surface area contributed by atoms with E-state index in [1.165, 1.54) is 12.1 Å². The molecular weight excluding hydrogens is 371 g/mol. The SMILES string of the molecule is Cc1cc(CNC(=O)C2(N)CCOCC2)ccc1Oc1ccc(F)cc1.Cl. The number of rotatable bonds is 5. The molecule has 1 aliphatic rings. The van der Waals surface area contributed by atoms with Crippen molar-refractivity contribution in [3.05, 3.63) is 59.4 Å². The van der Waals surface area contributed by atoms with Crippen molar-refractivity contribution in [2.24, 2.45) is 5.73 Å². The van der Waals surface area contributed by atoms with Crippen molar-refractivity contribution >= 4 is 18.3 Å². The lowest BCUT2D eigenvalue weighted by Gasteiger charge is -2.31. The average molecular weight is 395 g/mol. The van der Waals surface area contributed by atoms with Crippen LogP contribution in [0.4, 0.5) is 4.39 Å². The molecule has 1 heterocycles. The molecule has 5 nitrogen and oxygen atoms in total. The average Bonchev–Trinajstić information content (AvgIpc) is 2.64. The van der Waals surface area contributed by atoms with Gasteiger partial charge in [-0.15, -0.1) is 12.4 Å². The van der Waals surface area contributed by atoms with Crippen LogP contribution >= 0.6 is 12.4 Å². The normalized spacial score (nSPS) is 15.5. The first-order valence-electron chi connectivity index (χ1n) is 8.64. The van der Waals surface area contributed by atoms with Crippen LogP contribution in [0.25, 0.3) is 0 Å². The maximum atomic E-state index is 13.0. The fourth-order valence-electron chi connectivity index (χ4n) is 2.89. The highest BCUT2D eigenvalue weighted by atomic mass is 35.5. The van der Waals surface area contributed by atoms with E-state index in [1.807, 2.05) is 25.1 Å². The highest BCUT2D eigenvalue weighted by Gasteiger charge is 2.35. The second-order valence-corrected chi connectivity index (χ2v) is 6.61. The molecule has 0 aliphatic carbocycles. The minimum atomic E-state index is -0.848. The molecule has 27 heavy (non-hydrogen) atoms. The smallest absolute Gasteiger partial charge is 0.240 e. The fourth-order valence-corrected chi connectivity index (χ4v) is 2.89. The standard InChI is InChI=1S/C20H23FN2O3.ClH/c1-14-12-15(13-23-19(24)20(22)8-10-25-11-9-20)2-7-18(14)26-17-5-3-16(21)4-6-17;/h2-7,12H,8-11,13,22H2,1H3,(H,23,24);1H. The summed E-state index contributed by atoms with van der Waals surface area (Å²) < 4.78 is 24.0. The first-order chi connectivity index (χ1) is 12.5. The summed E-state index contributed by atoms with van der Waals surface area (Å²) in [6, 6.07) is 11.6. The molecule has 2 aromatic rings. The molecule has 1 aliphatic heterocycles. The van der Waals surface area contributed by atoms with Gasteiger partial charge in [0.1, 0.15) is 17.3 Å². The molecule has 0 spiro atoms. The summed E-state index contributed by atoms with van der Waals surface area (Å²) in [4.78, 5) is 12.4. The van der Waals surface area contributed by atoms with Gasteiger partial charge >= 0.3 is 0 Å². The van der Waals surface area contributed by atoms with Crippen LogP contribution < -0.4 is 15.8 Å².